The van der Waals surface area contributed by atoms with Crippen LogP contribution in [0.15, 0.2) is 36.4 Å². The second kappa shape index (κ2) is 5.16. The highest BCUT2D eigenvalue weighted by Gasteiger charge is 2.17. The van der Waals surface area contributed by atoms with Crippen LogP contribution in [0.25, 0.3) is 0 Å². The number of anilines is 2. The summed E-state index contributed by atoms with van der Waals surface area (Å²) in [6.45, 7) is 0. The van der Waals surface area contributed by atoms with Crippen LogP contribution in [0.4, 0.5) is 15.8 Å². The molecule has 0 heterocycles. The minimum absolute atomic E-state index is 0.226. The van der Waals surface area contributed by atoms with Crippen LogP contribution in [0, 0.1) is 5.82 Å². The maximum absolute atomic E-state index is 13.5. The number of halogens is 2. The number of nitrogen functional groups attached to an aromatic ring is 1. The maximum atomic E-state index is 13.5. The van der Waals surface area contributed by atoms with E-state index in [1.54, 1.807) is 6.07 Å². The molecule has 4 nitrogen and oxygen atoms in total. The first kappa shape index (κ1) is 13.2. The molecule has 19 heavy (non-hydrogen) atoms. The number of rotatable bonds is 2. The van der Waals surface area contributed by atoms with Crippen molar-refractivity contribution in [2.45, 2.75) is 0 Å². The van der Waals surface area contributed by atoms with Crippen molar-refractivity contribution in [2.75, 3.05) is 11.1 Å². The Morgan fingerprint density at radius 1 is 1.32 bits per heavy atom. The first-order valence-corrected chi connectivity index (χ1v) is 5.70. The van der Waals surface area contributed by atoms with E-state index in [4.69, 9.17) is 17.3 Å². The Labute approximate surface area is 113 Å². The monoisotopic (exact) mass is 280 g/mol. The Balaban J connectivity index is 2.31. The van der Waals surface area contributed by atoms with E-state index in [1.807, 2.05) is 0 Å². The molecule has 4 N–H and O–H groups in total. The Hall–Kier alpha value is -2.27. The zero-order valence-corrected chi connectivity index (χ0v) is 10.4. The van der Waals surface area contributed by atoms with E-state index in [0.29, 0.717) is 5.69 Å². The van der Waals surface area contributed by atoms with E-state index < -0.39 is 23.0 Å². The van der Waals surface area contributed by atoms with Crippen LogP contribution >= 0.6 is 11.6 Å². The molecule has 2 rings (SSSR count). The van der Waals surface area contributed by atoms with Gasteiger partial charge in [0.2, 0.25) is 0 Å². The number of carbonyl (C=O) groups excluding carboxylic acids is 1. The molecule has 0 bridgehead atoms. The lowest BCUT2D eigenvalue weighted by atomic mass is 10.1. The predicted molar refractivity (Wildman–Crippen MR) is 71.9 cm³/mol. The molecule has 6 heteroatoms. The van der Waals surface area contributed by atoms with Crippen molar-refractivity contribution < 1.29 is 14.3 Å². The molecule has 0 radical (unpaired) electrons. The summed E-state index contributed by atoms with van der Waals surface area (Å²) in [5.74, 6) is -2.05. The molecule has 0 aliphatic carbocycles. The highest BCUT2D eigenvalue weighted by Crippen LogP contribution is 2.26. The number of hydrogen-bond acceptors (Lipinski definition) is 3. The number of hydrogen-bond donors (Lipinski definition) is 3. The molecule has 0 atom stereocenters. The van der Waals surface area contributed by atoms with Gasteiger partial charge in [-0.3, -0.25) is 4.79 Å². The lowest BCUT2D eigenvalue weighted by Crippen LogP contribution is -2.14. The average Bonchev–Trinajstić information content (AvgIpc) is 2.32. The Bertz CT molecular complexity index is 626. The SMILES string of the molecule is Nc1ccc(NC(=O)c2c(O)cccc2F)c(Cl)c1. The van der Waals surface area contributed by atoms with Gasteiger partial charge < -0.3 is 16.2 Å². The van der Waals surface area contributed by atoms with Crippen LogP contribution in [0.2, 0.25) is 5.02 Å². The fourth-order valence-electron chi connectivity index (χ4n) is 1.56. The maximum Gasteiger partial charge on any atom is 0.262 e. The lowest BCUT2D eigenvalue weighted by molar-refractivity contribution is 0.102. The van der Waals surface area contributed by atoms with Crippen LogP contribution < -0.4 is 11.1 Å². The molecular weight excluding hydrogens is 271 g/mol. The standard InChI is InChI=1S/C13H10ClFN2O2/c14-8-6-7(16)4-5-10(8)17-13(19)12-9(15)2-1-3-11(12)18/h1-6,18H,16H2,(H,17,19). The van der Waals surface area contributed by atoms with E-state index >= 15 is 0 Å². The van der Waals surface area contributed by atoms with E-state index in [2.05, 4.69) is 5.32 Å². The third-order valence-electron chi connectivity index (χ3n) is 2.46. The summed E-state index contributed by atoms with van der Waals surface area (Å²) in [6.07, 6.45) is 0. The van der Waals surface area contributed by atoms with E-state index in [-0.39, 0.29) is 10.7 Å². The van der Waals surface area contributed by atoms with Gasteiger partial charge in [-0.15, -0.1) is 0 Å². The number of phenols is 1. The Morgan fingerprint density at radius 2 is 2.05 bits per heavy atom. The van der Waals surface area contributed by atoms with Gasteiger partial charge in [0.25, 0.3) is 5.91 Å². The fourth-order valence-corrected chi connectivity index (χ4v) is 1.79. The van der Waals surface area contributed by atoms with Gasteiger partial charge in [0.1, 0.15) is 17.1 Å². The highest BCUT2D eigenvalue weighted by atomic mass is 35.5. The predicted octanol–water partition coefficient (Wildman–Crippen LogP) is 3.02. The van der Waals surface area contributed by atoms with Gasteiger partial charge in [-0.2, -0.15) is 0 Å². The van der Waals surface area contributed by atoms with Crippen LogP contribution in [0.3, 0.4) is 0 Å². The molecule has 0 fully saturated rings. The fraction of sp³-hybridized carbons (Fsp3) is 0. The smallest absolute Gasteiger partial charge is 0.262 e. The summed E-state index contributed by atoms with van der Waals surface area (Å²) in [5, 5.41) is 12.1. The third-order valence-corrected chi connectivity index (χ3v) is 2.77. The Morgan fingerprint density at radius 3 is 2.68 bits per heavy atom. The second-order valence-corrected chi connectivity index (χ2v) is 4.23. The van der Waals surface area contributed by atoms with Crippen molar-refractivity contribution in [1.29, 1.82) is 0 Å². The minimum Gasteiger partial charge on any atom is -0.507 e. The van der Waals surface area contributed by atoms with E-state index in [0.717, 1.165) is 6.07 Å². The molecule has 0 aliphatic heterocycles. The molecular formula is C13H10ClFN2O2. The van der Waals surface area contributed by atoms with Crippen molar-refractivity contribution in [3.8, 4) is 5.75 Å². The summed E-state index contributed by atoms with van der Waals surface area (Å²) in [5.41, 5.74) is 5.81. The van der Waals surface area contributed by atoms with E-state index in [1.165, 1.54) is 24.3 Å². The molecule has 0 aromatic heterocycles. The normalized spacial score (nSPS) is 10.2. The second-order valence-electron chi connectivity index (χ2n) is 3.83. The summed E-state index contributed by atoms with van der Waals surface area (Å²) >= 11 is 5.89. The highest BCUT2D eigenvalue weighted by molar-refractivity contribution is 6.34. The third kappa shape index (κ3) is 2.77. The summed E-state index contributed by atoms with van der Waals surface area (Å²) < 4.78 is 13.5. The van der Waals surface area contributed by atoms with Crippen molar-refractivity contribution in [3.63, 3.8) is 0 Å². The number of nitrogens with two attached hydrogens (primary N) is 1. The molecule has 0 saturated carbocycles. The minimum atomic E-state index is -0.816. The molecule has 0 spiro atoms. The zero-order valence-electron chi connectivity index (χ0n) is 9.65. The summed E-state index contributed by atoms with van der Waals surface area (Å²) in [7, 11) is 0. The van der Waals surface area contributed by atoms with Crippen molar-refractivity contribution in [2.24, 2.45) is 0 Å². The molecule has 2 aromatic rings. The van der Waals surface area contributed by atoms with Gasteiger partial charge in [-0.05, 0) is 30.3 Å². The molecule has 2 aromatic carbocycles. The van der Waals surface area contributed by atoms with Gasteiger partial charge >= 0.3 is 0 Å². The van der Waals surface area contributed by atoms with Crippen molar-refractivity contribution in [1.82, 2.24) is 0 Å². The first-order valence-electron chi connectivity index (χ1n) is 5.33. The van der Waals surface area contributed by atoms with Crippen molar-refractivity contribution in [3.05, 3.63) is 52.8 Å². The van der Waals surface area contributed by atoms with Crippen molar-refractivity contribution >= 4 is 28.9 Å². The average molecular weight is 281 g/mol. The van der Waals surface area contributed by atoms with Crippen LogP contribution in [0.1, 0.15) is 10.4 Å². The molecule has 1 amide bonds. The van der Waals surface area contributed by atoms with Gasteiger partial charge in [0, 0.05) is 5.69 Å². The number of benzene rings is 2. The molecule has 0 unspecified atom stereocenters. The van der Waals surface area contributed by atoms with Crippen LogP contribution in [0.5, 0.6) is 5.75 Å². The van der Waals surface area contributed by atoms with Gasteiger partial charge in [0.05, 0.1) is 10.7 Å². The number of phenolic OH excluding ortho intramolecular Hbond substituents is 1. The quantitative estimate of drug-likeness (QED) is 0.740. The zero-order chi connectivity index (χ0) is 14.0. The van der Waals surface area contributed by atoms with Crippen LogP contribution in [-0.4, -0.2) is 11.0 Å². The lowest BCUT2D eigenvalue weighted by Gasteiger charge is -2.09. The summed E-state index contributed by atoms with van der Waals surface area (Å²) in [6, 6.07) is 8.11. The van der Waals surface area contributed by atoms with E-state index in [9.17, 15) is 14.3 Å². The number of carbonyl (C=O) groups is 1. The summed E-state index contributed by atoms with van der Waals surface area (Å²) in [4.78, 5) is 11.9. The molecule has 0 saturated heterocycles. The largest absolute Gasteiger partial charge is 0.507 e. The van der Waals surface area contributed by atoms with Gasteiger partial charge in [-0.1, -0.05) is 17.7 Å². The van der Waals surface area contributed by atoms with Gasteiger partial charge in [-0.25, -0.2) is 4.39 Å². The number of amides is 1. The van der Waals surface area contributed by atoms with Gasteiger partial charge in [0.15, 0.2) is 0 Å². The molecule has 0 aliphatic rings. The van der Waals surface area contributed by atoms with Crippen LogP contribution in [-0.2, 0) is 0 Å². The first-order chi connectivity index (χ1) is 8.99. The number of nitrogens with one attached hydrogen (secondary N) is 1. The molecule has 98 valence electrons. The topological polar surface area (TPSA) is 75.3 Å². The number of aromatic hydroxyl groups is 1. The Kier molecular flexibility index (Phi) is 3.57.